The van der Waals surface area contributed by atoms with Crippen LogP contribution in [0.2, 0.25) is 10.0 Å². The van der Waals surface area contributed by atoms with E-state index in [1.807, 2.05) is 0 Å². The van der Waals surface area contributed by atoms with Crippen molar-refractivity contribution in [2.75, 3.05) is 12.3 Å². The van der Waals surface area contributed by atoms with Crippen molar-refractivity contribution in [3.05, 3.63) is 64.3 Å². The summed E-state index contributed by atoms with van der Waals surface area (Å²) in [4.78, 5) is 3.94. The Morgan fingerprint density at radius 2 is 1.69 bits per heavy atom. The average molecular weight is 481 g/mol. The molecule has 0 saturated heterocycles. The number of hydrogen-bond acceptors (Lipinski definition) is 4. The molecule has 3 aromatic rings. The number of nitrogens with zero attached hydrogens (tertiary/aromatic N) is 1. The van der Waals surface area contributed by atoms with Crippen molar-refractivity contribution in [3.63, 3.8) is 0 Å². The quantitative estimate of drug-likeness (QED) is 0.366. The summed E-state index contributed by atoms with van der Waals surface area (Å²) >= 11 is 12.8. The normalized spacial score (nSPS) is 12.4. The standard InChI is InChI=1S/C18H13Cl2F3N2O2S2/c19-11-7-12(20)9-13(8-11)29(26,27)24-5-6-28-16-10-17(18(21,22)23)25-15-4-2-1-3-14(15)16/h1-4,7-10,24H,5-6H2. The van der Waals surface area contributed by atoms with E-state index < -0.39 is 21.9 Å². The first-order valence-corrected chi connectivity index (χ1v) is 11.3. The Morgan fingerprint density at radius 1 is 1.03 bits per heavy atom. The van der Waals surface area contributed by atoms with E-state index in [0.29, 0.717) is 10.3 Å². The molecule has 0 aliphatic rings. The molecule has 0 aliphatic heterocycles. The molecule has 29 heavy (non-hydrogen) atoms. The van der Waals surface area contributed by atoms with Gasteiger partial charge in [-0.05, 0) is 30.3 Å². The summed E-state index contributed by atoms with van der Waals surface area (Å²) < 4.78 is 66.4. The summed E-state index contributed by atoms with van der Waals surface area (Å²) in [5.41, 5.74) is -0.771. The Bertz CT molecular complexity index is 1140. The number of hydrogen-bond donors (Lipinski definition) is 1. The predicted octanol–water partition coefficient (Wildman–Crippen LogP) is 5.63. The number of rotatable bonds is 6. The molecule has 0 bridgehead atoms. The Kier molecular flexibility index (Phi) is 6.64. The van der Waals surface area contributed by atoms with Gasteiger partial charge in [0.2, 0.25) is 10.0 Å². The molecule has 3 rings (SSSR count). The van der Waals surface area contributed by atoms with Crippen LogP contribution in [0.25, 0.3) is 10.9 Å². The molecule has 0 amide bonds. The molecule has 154 valence electrons. The Morgan fingerprint density at radius 3 is 2.34 bits per heavy atom. The third-order valence-corrected chi connectivity index (χ3v) is 6.70. The van der Waals surface area contributed by atoms with Crippen molar-refractivity contribution in [2.24, 2.45) is 0 Å². The lowest BCUT2D eigenvalue weighted by atomic mass is 10.2. The van der Waals surface area contributed by atoms with Crippen LogP contribution in [0.1, 0.15) is 5.69 Å². The second kappa shape index (κ2) is 8.69. The van der Waals surface area contributed by atoms with Crippen molar-refractivity contribution in [1.82, 2.24) is 9.71 Å². The summed E-state index contributed by atoms with van der Waals surface area (Å²) in [5.74, 6) is 0.207. The van der Waals surface area contributed by atoms with Crippen LogP contribution in [-0.4, -0.2) is 25.7 Å². The summed E-state index contributed by atoms with van der Waals surface area (Å²) in [6.45, 7) is -0.00483. The Labute approximate surface area is 179 Å². The van der Waals surface area contributed by atoms with Gasteiger partial charge >= 0.3 is 6.18 Å². The monoisotopic (exact) mass is 480 g/mol. The molecule has 0 unspecified atom stereocenters. The Balaban J connectivity index is 1.74. The fourth-order valence-corrected chi connectivity index (χ4v) is 5.35. The van der Waals surface area contributed by atoms with Gasteiger partial charge in [-0.25, -0.2) is 18.1 Å². The lowest BCUT2D eigenvalue weighted by Crippen LogP contribution is -2.26. The number of para-hydroxylation sites is 1. The lowest BCUT2D eigenvalue weighted by Gasteiger charge is -2.12. The molecule has 0 fully saturated rings. The number of fused-ring (bicyclic) bond motifs is 1. The smallest absolute Gasteiger partial charge is 0.243 e. The highest BCUT2D eigenvalue weighted by molar-refractivity contribution is 7.99. The van der Waals surface area contributed by atoms with E-state index in [1.165, 1.54) is 24.3 Å². The molecular weight excluding hydrogens is 468 g/mol. The number of thioether (sulfide) groups is 1. The van der Waals surface area contributed by atoms with Crippen LogP contribution in [0.15, 0.2) is 58.3 Å². The molecule has 4 nitrogen and oxygen atoms in total. The van der Waals surface area contributed by atoms with E-state index in [0.717, 1.165) is 17.8 Å². The number of nitrogens with one attached hydrogen (secondary N) is 1. The molecule has 2 aromatic carbocycles. The van der Waals surface area contributed by atoms with E-state index in [4.69, 9.17) is 23.2 Å². The zero-order chi connectivity index (χ0) is 21.2. The fraction of sp³-hybridized carbons (Fsp3) is 0.167. The highest BCUT2D eigenvalue weighted by atomic mass is 35.5. The number of aromatic nitrogens is 1. The molecule has 0 saturated carbocycles. The van der Waals surface area contributed by atoms with Crippen molar-refractivity contribution in [1.29, 1.82) is 0 Å². The first-order chi connectivity index (χ1) is 13.6. The van der Waals surface area contributed by atoms with Gasteiger partial charge in [-0.3, -0.25) is 0 Å². The van der Waals surface area contributed by atoms with E-state index in [9.17, 15) is 21.6 Å². The number of benzene rings is 2. The van der Waals surface area contributed by atoms with Crippen LogP contribution in [-0.2, 0) is 16.2 Å². The highest BCUT2D eigenvalue weighted by Crippen LogP contribution is 2.34. The molecule has 0 aliphatic carbocycles. The van der Waals surface area contributed by atoms with Crippen LogP contribution < -0.4 is 4.72 Å². The van der Waals surface area contributed by atoms with Crippen molar-refractivity contribution < 1.29 is 21.6 Å². The van der Waals surface area contributed by atoms with E-state index in [2.05, 4.69) is 9.71 Å². The van der Waals surface area contributed by atoms with Crippen molar-refractivity contribution in [3.8, 4) is 0 Å². The molecule has 1 N–H and O–H groups in total. The van der Waals surface area contributed by atoms with Gasteiger partial charge < -0.3 is 0 Å². The van der Waals surface area contributed by atoms with Gasteiger partial charge in [0.25, 0.3) is 0 Å². The topological polar surface area (TPSA) is 59.1 Å². The minimum atomic E-state index is -4.58. The Hall–Kier alpha value is -1.52. The molecule has 0 radical (unpaired) electrons. The highest BCUT2D eigenvalue weighted by Gasteiger charge is 2.33. The maximum atomic E-state index is 13.1. The third kappa shape index (κ3) is 5.55. The number of halogens is 5. The van der Waals surface area contributed by atoms with Gasteiger partial charge in [0.15, 0.2) is 0 Å². The second-order valence-corrected chi connectivity index (χ2v) is 9.65. The van der Waals surface area contributed by atoms with Crippen LogP contribution in [0.3, 0.4) is 0 Å². The van der Waals surface area contributed by atoms with Crippen molar-refractivity contribution >= 4 is 55.9 Å². The van der Waals surface area contributed by atoms with E-state index in [1.54, 1.807) is 18.2 Å². The van der Waals surface area contributed by atoms with Crippen LogP contribution in [0.5, 0.6) is 0 Å². The van der Waals surface area contributed by atoms with Gasteiger partial charge in [0, 0.05) is 32.6 Å². The van der Waals surface area contributed by atoms with E-state index >= 15 is 0 Å². The minimum absolute atomic E-state index is 0.00483. The summed E-state index contributed by atoms with van der Waals surface area (Å²) in [6, 6.07) is 11.4. The van der Waals surface area contributed by atoms with Gasteiger partial charge in [0.05, 0.1) is 10.4 Å². The fourth-order valence-electron chi connectivity index (χ4n) is 2.51. The molecular formula is C18H13Cl2F3N2O2S2. The molecule has 0 spiro atoms. The first-order valence-electron chi connectivity index (χ1n) is 8.12. The summed E-state index contributed by atoms with van der Waals surface area (Å²) in [7, 11) is -3.86. The van der Waals surface area contributed by atoms with Crippen molar-refractivity contribution in [2.45, 2.75) is 16.0 Å². The van der Waals surface area contributed by atoms with E-state index in [-0.39, 0.29) is 32.8 Å². The number of alkyl halides is 3. The number of sulfonamides is 1. The average Bonchev–Trinajstić information content (AvgIpc) is 2.63. The molecule has 1 heterocycles. The predicted molar refractivity (Wildman–Crippen MR) is 109 cm³/mol. The van der Waals surface area contributed by atoms with Crippen LogP contribution >= 0.6 is 35.0 Å². The number of pyridine rings is 1. The summed E-state index contributed by atoms with van der Waals surface area (Å²) in [6.07, 6.45) is -4.58. The van der Waals surface area contributed by atoms with Crippen LogP contribution in [0, 0.1) is 0 Å². The minimum Gasteiger partial charge on any atom is -0.243 e. The second-order valence-electron chi connectivity index (χ2n) is 5.87. The SMILES string of the molecule is O=S(=O)(NCCSc1cc(C(F)(F)F)nc2ccccc12)c1cc(Cl)cc(Cl)c1. The molecule has 11 heteroatoms. The summed E-state index contributed by atoms with van der Waals surface area (Å²) in [5, 5.41) is 0.917. The lowest BCUT2D eigenvalue weighted by molar-refractivity contribution is -0.141. The maximum Gasteiger partial charge on any atom is 0.433 e. The zero-order valence-electron chi connectivity index (χ0n) is 14.5. The molecule has 1 aromatic heterocycles. The third-order valence-electron chi connectivity index (χ3n) is 3.77. The van der Waals surface area contributed by atoms with Gasteiger partial charge in [-0.2, -0.15) is 13.2 Å². The van der Waals surface area contributed by atoms with Crippen LogP contribution in [0.4, 0.5) is 13.2 Å². The van der Waals surface area contributed by atoms with Gasteiger partial charge in [-0.15, -0.1) is 11.8 Å². The first kappa shape index (κ1) is 22.2. The zero-order valence-corrected chi connectivity index (χ0v) is 17.6. The largest absolute Gasteiger partial charge is 0.433 e. The van der Waals surface area contributed by atoms with Gasteiger partial charge in [-0.1, -0.05) is 41.4 Å². The maximum absolute atomic E-state index is 13.1. The van der Waals surface area contributed by atoms with Gasteiger partial charge in [0.1, 0.15) is 5.69 Å². The molecule has 0 atom stereocenters.